The van der Waals surface area contributed by atoms with Gasteiger partial charge in [0.25, 0.3) is 0 Å². The second-order valence-corrected chi connectivity index (χ2v) is 7.06. The highest BCUT2D eigenvalue weighted by atomic mass is 16.3. The first-order chi connectivity index (χ1) is 7.92. The average Bonchev–Trinajstić information content (AvgIpc) is 2.67. The molecule has 0 bridgehead atoms. The second-order valence-electron chi connectivity index (χ2n) is 7.06. The van der Waals surface area contributed by atoms with Crippen molar-refractivity contribution in [3.63, 3.8) is 0 Å². The maximum absolute atomic E-state index is 11.7. The Morgan fingerprint density at radius 1 is 1.47 bits per heavy atom. The highest BCUT2D eigenvalue weighted by Gasteiger charge is 2.65. The number of rotatable bonds is 1. The van der Waals surface area contributed by atoms with E-state index in [-0.39, 0.29) is 5.41 Å². The third-order valence-electron chi connectivity index (χ3n) is 5.65. The van der Waals surface area contributed by atoms with Crippen molar-refractivity contribution in [2.24, 2.45) is 28.6 Å². The molecule has 0 aromatic heterocycles. The SMILES string of the molecule is C[C@@H]1CC=C2[C@@H]3[C@H]1C[C@H](O)[C@@]3(C=O)CC2(C)C. The van der Waals surface area contributed by atoms with Gasteiger partial charge < -0.3 is 9.90 Å². The molecule has 94 valence electrons. The largest absolute Gasteiger partial charge is 0.392 e. The van der Waals surface area contributed by atoms with Crippen molar-refractivity contribution < 1.29 is 9.90 Å². The van der Waals surface area contributed by atoms with Gasteiger partial charge in [-0.15, -0.1) is 0 Å². The number of hydrogen-bond acceptors (Lipinski definition) is 2. The van der Waals surface area contributed by atoms with Crippen molar-refractivity contribution >= 4 is 6.29 Å². The van der Waals surface area contributed by atoms with Gasteiger partial charge in [-0.3, -0.25) is 0 Å². The Kier molecular flexibility index (Phi) is 2.17. The highest BCUT2D eigenvalue weighted by Crippen LogP contribution is 2.67. The molecule has 0 saturated heterocycles. The lowest BCUT2D eigenvalue weighted by Gasteiger charge is -2.35. The maximum Gasteiger partial charge on any atom is 0.129 e. The van der Waals surface area contributed by atoms with E-state index < -0.39 is 11.5 Å². The van der Waals surface area contributed by atoms with E-state index in [1.54, 1.807) is 0 Å². The van der Waals surface area contributed by atoms with Gasteiger partial charge in [0, 0.05) is 0 Å². The van der Waals surface area contributed by atoms with Crippen LogP contribution in [-0.4, -0.2) is 17.5 Å². The normalized spacial score (nSPS) is 50.9. The van der Waals surface area contributed by atoms with E-state index in [0.717, 1.165) is 25.5 Å². The van der Waals surface area contributed by atoms with Gasteiger partial charge in [0.1, 0.15) is 6.29 Å². The average molecular weight is 234 g/mol. The summed E-state index contributed by atoms with van der Waals surface area (Å²) in [6.07, 6.45) is 5.75. The molecule has 0 aromatic carbocycles. The molecular weight excluding hydrogens is 212 g/mol. The van der Waals surface area contributed by atoms with Crippen LogP contribution >= 0.6 is 0 Å². The fraction of sp³-hybridized carbons (Fsp3) is 0.800. The molecule has 0 aliphatic heterocycles. The summed E-state index contributed by atoms with van der Waals surface area (Å²) in [6, 6.07) is 0. The molecule has 0 amide bonds. The van der Waals surface area contributed by atoms with Gasteiger partial charge in [0.2, 0.25) is 0 Å². The van der Waals surface area contributed by atoms with Crippen molar-refractivity contribution in [1.82, 2.24) is 0 Å². The molecule has 0 spiro atoms. The molecule has 2 saturated carbocycles. The fourth-order valence-corrected chi connectivity index (χ4v) is 4.90. The molecule has 2 heteroatoms. The van der Waals surface area contributed by atoms with Crippen LogP contribution in [-0.2, 0) is 4.79 Å². The first-order valence-electron chi connectivity index (χ1n) is 6.77. The Balaban J connectivity index is 2.16. The predicted molar refractivity (Wildman–Crippen MR) is 66.4 cm³/mol. The number of carbonyl (C=O) groups excluding carboxylic acids is 1. The Bertz CT molecular complexity index is 396. The van der Waals surface area contributed by atoms with Crippen LogP contribution in [0.25, 0.3) is 0 Å². The number of carbonyl (C=O) groups is 1. The highest BCUT2D eigenvalue weighted by molar-refractivity contribution is 5.66. The van der Waals surface area contributed by atoms with Crippen molar-refractivity contribution in [3.05, 3.63) is 11.6 Å². The van der Waals surface area contributed by atoms with Gasteiger partial charge in [-0.1, -0.05) is 32.4 Å². The maximum atomic E-state index is 11.7. The first-order valence-corrected chi connectivity index (χ1v) is 6.77. The molecule has 2 nitrogen and oxygen atoms in total. The van der Waals surface area contributed by atoms with Crippen LogP contribution < -0.4 is 0 Å². The van der Waals surface area contributed by atoms with Crippen molar-refractivity contribution in [1.29, 1.82) is 0 Å². The van der Waals surface area contributed by atoms with Crippen LogP contribution in [0.15, 0.2) is 11.6 Å². The molecule has 0 radical (unpaired) electrons. The minimum absolute atomic E-state index is 0.0887. The smallest absolute Gasteiger partial charge is 0.129 e. The zero-order valence-electron chi connectivity index (χ0n) is 10.9. The summed E-state index contributed by atoms with van der Waals surface area (Å²) in [6.45, 7) is 6.71. The van der Waals surface area contributed by atoms with E-state index in [1.807, 2.05) is 0 Å². The number of aldehydes is 1. The Labute approximate surface area is 103 Å². The minimum atomic E-state index is -0.478. The van der Waals surface area contributed by atoms with Gasteiger partial charge in [0.05, 0.1) is 11.5 Å². The first kappa shape index (κ1) is 11.5. The van der Waals surface area contributed by atoms with Crippen LogP contribution in [0, 0.1) is 28.6 Å². The van der Waals surface area contributed by atoms with E-state index in [1.165, 1.54) is 5.57 Å². The molecule has 1 N–H and O–H groups in total. The lowest BCUT2D eigenvalue weighted by molar-refractivity contribution is -0.122. The molecule has 0 heterocycles. The third kappa shape index (κ3) is 1.22. The quantitative estimate of drug-likeness (QED) is 0.559. The summed E-state index contributed by atoms with van der Waals surface area (Å²) in [5.41, 5.74) is 1.06. The second kappa shape index (κ2) is 3.23. The van der Waals surface area contributed by atoms with Gasteiger partial charge in [-0.25, -0.2) is 0 Å². The van der Waals surface area contributed by atoms with Gasteiger partial charge in [-0.2, -0.15) is 0 Å². The van der Waals surface area contributed by atoms with Crippen molar-refractivity contribution in [2.75, 3.05) is 0 Å². The van der Waals surface area contributed by atoms with Gasteiger partial charge >= 0.3 is 0 Å². The lowest BCUT2D eigenvalue weighted by atomic mass is 9.69. The molecule has 3 rings (SSSR count). The van der Waals surface area contributed by atoms with Crippen LogP contribution in [0.4, 0.5) is 0 Å². The Morgan fingerprint density at radius 3 is 2.82 bits per heavy atom. The molecule has 0 aromatic rings. The van der Waals surface area contributed by atoms with Gasteiger partial charge in [-0.05, 0) is 42.4 Å². The van der Waals surface area contributed by atoms with E-state index in [9.17, 15) is 9.90 Å². The molecule has 0 unspecified atom stereocenters. The molecule has 17 heavy (non-hydrogen) atoms. The summed E-state index contributed by atoms with van der Waals surface area (Å²) in [7, 11) is 0. The Hall–Kier alpha value is -0.630. The molecule has 3 aliphatic rings. The summed E-state index contributed by atoms with van der Waals surface area (Å²) >= 11 is 0. The summed E-state index contributed by atoms with van der Waals surface area (Å²) < 4.78 is 0. The zero-order valence-corrected chi connectivity index (χ0v) is 10.9. The molecule has 3 aliphatic carbocycles. The van der Waals surface area contributed by atoms with Crippen molar-refractivity contribution in [3.8, 4) is 0 Å². The number of allylic oxidation sites excluding steroid dienone is 2. The van der Waals surface area contributed by atoms with Crippen molar-refractivity contribution in [2.45, 2.75) is 46.1 Å². The summed E-state index contributed by atoms with van der Waals surface area (Å²) in [5, 5.41) is 10.4. The molecule has 2 fully saturated rings. The summed E-state index contributed by atoms with van der Waals surface area (Å²) in [5.74, 6) is 1.43. The minimum Gasteiger partial charge on any atom is -0.392 e. The third-order valence-corrected chi connectivity index (χ3v) is 5.65. The van der Waals surface area contributed by atoms with E-state index in [2.05, 4.69) is 26.8 Å². The zero-order chi connectivity index (χ0) is 12.4. The van der Waals surface area contributed by atoms with E-state index in [4.69, 9.17) is 0 Å². The summed E-state index contributed by atoms with van der Waals surface area (Å²) in [4.78, 5) is 11.7. The standard InChI is InChI=1S/C15H22O2/c1-9-4-5-11-13-10(9)6-12(17)15(13,8-16)7-14(11,2)3/h5,8-10,12-13,17H,4,6-7H2,1-3H3/t9-,10+,12+,13+,15+/m1/s1. The van der Waals surface area contributed by atoms with Gasteiger partial charge in [0.15, 0.2) is 0 Å². The number of hydrogen-bond donors (Lipinski definition) is 1. The number of aliphatic hydroxyl groups is 1. The van der Waals surface area contributed by atoms with E-state index >= 15 is 0 Å². The van der Waals surface area contributed by atoms with E-state index in [0.29, 0.717) is 17.8 Å². The monoisotopic (exact) mass is 234 g/mol. The van der Waals surface area contributed by atoms with Crippen LogP contribution in [0.3, 0.4) is 0 Å². The number of aliphatic hydroxyl groups excluding tert-OH is 1. The topological polar surface area (TPSA) is 37.3 Å². The molecule has 5 atom stereocenters. The lowest BCUT2D eigenvalue weighted by Crippen LogP contribution is -2.35. The molecular formula is C15H22O2. The van der Waals surface area contributed by atoms with Crippen LogP contribution in [0.1, 0.15) is 40.0 Å². The van der Waals surface area contributed by atoms with Crippen LogP contribution in [0.5, 0.6) is 0 Å². The van der Waals surface area contributed by atoms with Crippen LogP contribution in [0.2, 0.25) is 0 Å². The predicted octanol–water partition coefficient (Wildman–Crippen LogP) is 2.56. The Morgan fingerprint density at radius 2 is 2.18 bits per heavy atom. The fourth-order valence-electron chi connectivity index (χ4n) is 4.90.